The second kappa shape index (κ2) is 5.71. The van der Waals surface area contributed by atoms with Crippen LogP contribution in [0.5, 0.6) is 0 Å². The summed E-state index contributed by atoms with van der Waals surface area (Å²) in [6, 6.07) is 5.70. The smallest absolute Gasteiger partial charge is 0.248 e. The number of amides is 2. The van der Waals surface area contributed by atoms with Crippen LogP contribution in [0.1, 0.15) is 12.0 Å². The lowest BCUT2D eigenvalue weighted by atomic mass is 10.1. The first kappa shape index (κ1) is 14.0. The van der Waals surface area contributed by atoms with Crippen molar-refractivity contribution in [1.29, 1.82) is 0 Å². The summed E-state index contributed by atoms with van der Waals surface area (Å²) in [7, 11) is 1.38. The molecule has 1 aromatic carbocycles. The van der Waals surface area contributed by atoms with Crippen LogP contribution in [0.25, 0.3) is 0 Å². The average Bonchev–Trinajstić information content (AvgIpc) is 2.75. The van der Waals surface area contributed by atoms with Crippen LogP contribution >= 0.6 is 15.9 Å². The Morgan fingerprint density at radius 2 is 2.26 bits per heavy atom. The molecule has 5 nitrogen and oxygen atoms in total. The van der Waals surface area contributed by atoms with Gasteiger partial charge in [-0.3, -0.25) is 14.4 Å². The van der Waals surface area contributed by atoms with E-state index in [2.05, 4.69) is 26.2 Å². The van der Waals surface area contributed by atoms with Crippen molar-refractivity contribution < 1.29 is 14.4 Å². The number of aryl methyl sites for hydroxylation is 1. The molecule has 102 valence electrons. The van der Waals surface area contributed by atoms with Crippen LogP contribution in [-0.2, 0) is 14.4 Å². The highest BCUT2D eigenvalue weighted by molar-refractivity contribution is 9.10. The van der Waals surface area contributed by atoms with Crippen LogP contribution in [0, 0.1) is 12.8 Å². The fraction of sp³-hybridized carbons (Fsp3) is 0.385. The van der Waals surface area contributed by atoms with Crippen LogP contribution in [0.4, 0.5) is 5.69 Å². The zero-order chi connectivity index (χ0) is 14.0. The van der Waals surface area contributed by atoms with Gasteiger partial charge in [0, 0.05) is 23.1 Å². The van der Waals surface area contributed by atoms with Gasteiger partial charge in [-0.25, -0.2) is 5.48 Å². The molecular weight excluding hydrogens is 312 g/mol. The van der Waals surface area contributed by atoms with Crippen molar-refractivity contribution in [3.63, 3.8) is 0 Å². The summed E-state index contributed by atoms with van der Waals surface area (Å²) >= 11 is 3.42. The Morgan fingerprint density at radius 3 is 2.89 bits per heavy atom. The molecule has 1 N–H and O–H groups in total. The van der Waals surface area contributed by atoms with Gasteiger partial charge < -0.3 is 4.90 Å². The maximum Gasteiger partial charge on any atom is 0.248 e. The Bertz CT molecular complexity index is 519. The molecule has 1 heterocycles. The van der Waals surface area contributed by atoms with E-state index in [1.165, 1.54) is 7.11 Å². The van der Waals surface area contributed by atoms with Gasteiger partial charge in [0.2, 0.25) is 11.8 Å². The van der Waals surface area contributed by atoms with Crippen molar-refractivity contribution >= 4 is 33.4 Å². The van der Waals surface area contributed by atoms with E-state index >= 15 is 0 Å². The maximum atomic E-state index is 12.0. The van der Waals surface area contributed by atoms with Gasteiger partial charge in [-0.05, 0) is 30.7 Å². The molecule has 1 unspecified atom stereocenters. The van der Waals surface area contributed by atoms with Gasteiger partial charge in [0.25, 0.3) is 0 Å². The SMILES string of the molecule is CONC(=O)C1CC(=O)N(c2ccc(Br)c(C)c2)C1. The van der Waals surface area contributed by atoms with E-state index in [-0.39, 0.29) is 24.2 Å². The average molecular weight is 327 g/mol. The number of hydroxylamine groups is 1. The number of benzene rings is 1. The molecule has 0 saturated carbocycles. The molecule has 0 aromatic heterocycles. The van der Waals surface area contributed by atoms with Gasteiger partial charge in [-0.15, -0.1) is 0 Å². The summed E-state index contributed by atoms with van der Waals surface area (Å²) in [6.45, 7) is 2.35. The lowest BCUT2D eigenvalue weighted by Crippen LogP contribution is -2.32. The third-order valence-corrected chi connectivity index (χ3v) is 4.04. The highest BCUT2D eigenvalue weighted by Gasteiger charge is 2.35. The number of rotatable bonds is 3. The Labute approximate surface area is 120 Å². The minimum absolute atomic E-state index is 0.0435. The molecule has 0 bridgehead atoms. The van der Waals surface area contributed by atoms with Crippen molar-refractivity contribution in [2.24, 2.45) is 5.92 Å². The minimum atomic E-state index is -0.364. The molecular formula is C13H15BrN2O3. The number of anilines is 1. The van der Waals surface area contributed by atoms with E-state index in [1.807, 2.05) is 25.1 Å². The number of carbonyl (C=O) groups excluding carboxylic acids is 2. The molecule has 0 aliphatic carbocycles. The second-order valence-corrected chi connectivity index (χ2v) is 5.36. The van der Waals surface area contributed by atoms with Gasteiger partial charge in [-0.1, -0.05) is 15.9 Å². The molecule has 1 atom stereocenters. The van der Waals surface area contributed by atoms with Crippen LogP contribution < -0.4 is 10.4 Å². The monoisotopic (exact) mass is 326 g/mol. The lowest BCUT2D eigenvalue weighted by Gasteiger charge is -2.17. The quantitative estimate of drug-likeness (QED) is 0.861. The van der Waals surface area contributed by atoms with Crippen LogP contribution in [-0.4, -0.2) is 25.5 Å². The molecule has 1 aliphatic rings. The number of hydrogen-bond acceptors (Lipinski definition) is 3. The predicted molar refractivity (Wildman–Crippen MR) is 74.5 cm³/mol. The molecule has 1 fully saturated rings. The van der Waals surface area contributed by atoms with Crippen molar-refractivity contribution in [3.05, 3.63) is 28.2 Å². The van der Waals surface area contributed by atoms with E-state index in [1.54, 1.807) is 4.90 Å². The fourth-order valence-corrected chi connectivity index (χ4v) is 2.36. The fourth-order valence-electron chi connectivity index (χ4n) is 2.11. The van der Waals surface area contributed by atoms with Crippen molar-refractivity contribution in [1.82, 2.24) is 5.48 Å². The van der Waals surface area contributed by atoms with Crippen LogP contribution in [0.15, 0.2) is 22.7 Å². The van der Waals surface area contributed by atoms with Gasteiger partial charge >= 0.3 is 0 Å². The number of carbonyl (C=O) groups is 2. The molecule has 19 heavy (non-hydrogen) atoms. The molecule has 6 heteroatoms. The molecule has 1 aromatic rings. The number of nitrogens with one attached hydrogen (secondary N) is 1. The van der Waals surface area contributed by atoms with Gasteiger partial charge in [0.1, 0.15) is 0 Å². The summed E-state index contributed by atoms with van der Waals surface area (Å²) in [4.78, 5) is 29.9. The molecule has 2 rings (SSSR count). The second-order valence-electron chi connectivity index (χ2n) is 4.51. The topological polar surface area (TPSA) is 58.6 Å². The first-order chi connectivity index (χ1) is 9.02. The van der Waals surface area contributed by atoms with Gasteiger partial charge in [0.15, 0.2) is 0 Å². The Balaban J connectivity index is 2.15. The summed E-state index contributed by atoms with van der Waals surface area (Å²) in [5.74, 6) is -0.665. The number of nitrogens with zero attached hydrogens (tertiary/aromatic N) is 1. The third kappa shape index (κ3) is 2.96. The number of hydrogen-bond donors (Lipinski definition) is 1. The Hall–Kier alpha value is -1.40. The molecule has 1 aliphatic heterocycles. The largest absolute Gasteiger partial charge is 0.312 e. The zero-order valence-corrected chi connectivity index (χ0v) is 12.4. The predicted octanol–water partition coefficient (Wildman–Crippen LogP) is 1.79. The summed E-state index contributed by atoms with van der Waals surface area (Å²) in [5.41, 5.74) is 4.14. The zero-order valence-electron chi connectivity index (χ0n) is 10.8. The van der Waals surface area contributed by atoms with Crippen LogP contribution in [0.2, 0.25) is 0 Å². The first-order valence-electron chi connectivity index (χ1n) is 5.92. The van der Waals surface area contributed by atoms with E-state index in [0.29, 0.717) is 6.54 Å². The Morgan fingerprint density at radius 1 is 1.53 bits per heavy atom. The van der Waals surface area contributed by atoms with Crippen molar-refractivity contribution in [2.45, 2.75) is 13.3 Å². The van der Waals surface area contributed by atoms with Crippen LogP contribution in [0.3, 0.4) is 0 Å². The van der Waals surface area contributed by atoms with E-state index in [0.717, 1.165) is 15.7 Å². The Kier molecular flexibility index (Phi) is 4.21. The van der Waals surface area contributed by atoms with E-state index in [9.17, 15) is 9.59 Å². The maximum absolute atomic E-state index is 12.0. The van der Waals surface area contributed by atoms with E-state index < -0.39 is 0 Å². The van der Waals surface area contributed by atoms with Gasteiger partial charge in [0.05, 0.1) is 13.0 Å². The molecule has 1 saturated heterocycles. The van der Waals surface area contributed by atoms with Gasteiger partial charge in [-0.2, -0.15) is 0 Å². The first-order valence-corrected chi connectivity index (χ1v) is 6.71. The lowest BCUT2D eigenvalue weighted by molar-refractivity contribution is -0.135. The molecule has 0 radical (unpaired) electrons. The summed E-state index contributed by atoms with van der Waals surface area (Å²) in [6.07, 6.45) is 0.213. The third-order valence-electron chi connectivity index (χ3n) is 3.15. The van der Waals surface area contributed by atoms with E-state index in [4.69, 9.17) is 0 Å². The standard InChI is InChI=1S/C13H15BrN2O3/c1-8-5-10(3-4-11(8)14)16-7-9(6-12(16)17)13(18)15-19-2/h3-5,9H,6-7H2,1-2H3,(H,15,18). The number of halogens is 1. The molecule has 2 amide bonds. The summed E-state index contributed by atoms with van der Waals surface area (Å²) < 4.78 is 0.997. The minimum Gasteiger partial charge on any atom is -0.312 e. The summed E-state index contributed by atoms with van der Waals surface area (Å²) in [5, 5.41) is 0. The van der Waals surface area contributed by atoms with Crippen molar-refractivity contribution in [3.8, 4) is 0 Å². The van der Waals surface area contributed by atoms with Crippen molar-refractivity contribution in [2.75, 3.05) is 18.6 Å². The molecule has 0 spiro atoms. The highest BCUT2D eigenvalue weighted by atomic mass is 79.9. The highest BCUT2D eigenvalue weighted by Crippen LogP contribution is 2.28. The normalized spacial score (nSPS) is 18.8.